The zero-order valence-electron chi connectivity index (χ0n) is 14.3. The summed E-state index contributed by atoms with van der Waals surface area (Å²) < 4.78 is 19.6. The van der Waals surface area contributed by atoms with Crippen molar-refractivity contribution in [2.24, 2.45) is 0 Å². The number of carbonyl (C=O) groups excluding carboxylic acids is 1. The number of ether oxygens (including phenoxy) is 1. The van der Waals surface area contributed by atoms with Crippen LogP contribution in [-0.2, 0) is 16.1 Å². The molecule has 25 heavy (non-hydrogen) atoms. The maximum absolute atomic E-state index is 13.9. The Bertz CT molecular complexity index is 699. The summed E-state index contributed by atoms with van der Waals surface area (Å²) in [5.74, 6) is -0.616. The van der Waals surface area contributed by atoms with Crippen molar-refractivity contribution in [2.45, 2.75) is 32.4 Å². The number of nitrogens with zero attached hydrogens (tertiary/aromatic N) is 1. The smallest absolute Gasteiger partial charge is 0.238 e. The van der Waals surface area contributed by atoms with Crippen molar-refractivity contribution >= 4 is 22.9 Å². The Morgan fingerprint density at radius 2 is 2.32 bits per heavy atom. The lowest BCUT2D eigenvalue weighted by Crippen LogP contribution is -2.37. The summed E-state index contributed by atoms with van der Waals surface area (Å²) in [5.41, 5.74) is 1.05. The molecule has 1 fully saturated rings. The van der Waals surface area contributed by atoms with Crippen molar-refractivity contribution < 1.29 is 13.9 Å². The number of aryl methyl sites for hydroxylation is 1. The molecule has 0 saturated carbocycles. The Kier molecular flexibility index (Phi) is 6.18. The van der Waals surface area contributed by atoms with Crippen LogP contribution in [0.4, 0.5) is 10.1 Å². The average Bonchev–Trinajstić information content (AvgIpc) is 3.24. The lowest BCUT2D eigenvalue weighted by molar-refractivity contribution is -0.117. The van der Waals surface area contributed by atoms with Crippen LogP contribution >= 0.6 is 11.3 Å². The van der Waals surface area contributed by atoms with Crippen molar-refractivity contribution in [3.63, 3.8) is 0 Å². The van der Waals surface area contributed by atoms with E-state index in [1.54, 1.807) is 23.5 Å². The van der Waals surface area contributed by atoms with Crippen LogP contribution < -0.4 is 5.32 Å². The van der Waals surface area contributed by atoms with Crippen molar-refractivity contribution in [3.8, 4) is 0 Å². The van der Waals surface area contributed by atoms with E-state index in [0.717, 1.165) is 25.0 Å². The normalized spacial score (nSPS) is 17.2. The van der Waals surface area contributed by atoms with Crippen LogP contribution in [0.15, 0.2) is 35.7 Å². The molecule has 0 unspecified atom stereocenters. The first-order valence-electron chi connectivity index (χ1n) is 8.52. The fourth-order valence-corrected chi connectivity index (χ4v) is 3.74. The molecule has 1 aromatic carbocycles. The van der Waals surface area contributed by atoms with Crippen LogP contribution in [0.5, 0.6) is 0 Å². The van der Waals surface area contributed by atoms with Crippen LogP contribution in [0, 0.1) is 12.7 Å². The monoisotopic (exact) mass is 362 g/mol. The zero-order valence-corrected chi connectivity index (χ0v) is 15.2. The first-order chi connectivity index (χ1) is 12.1. The van der Waals surface area contributed by atoms with Gasteiger partial charge in [0.15, 0.2) is 0 Å². The number of carbonyl (C=O) groups is 1. The molecule has 134 valence electrons. The van der Waals surface area contributed by atoms with Crippen molar-refractivity contribution in [1.29, 1.82) is 0 Å². The van der Waals surface area contributed by atoms with Gasteiger partial charge in [0.2, 0.25) is 5.91 Å². The molecule has 1 saturated heterocycles. The number of hydrogen-bond donors (Lipinski definition) is 1. The number of amides is 1. The third-order valence-electron chi connectivity index (χ3n) is 4.21. The minimum Gasteiger partial charge on any atom is -0.377 e. The highest BCUT2D eigenvalue weighted by Crippen LogP contribution is 2.18. The second-order valence-corrected chi connectivity index (χ2v) is 7.45. The molecule has 2 aromatic rings. The molecule has 1 amide bonds. The number of anilines is 1. The number of thiophene rings is 1. The maximum atomic E-state index is 13.9. The van der Waals surface area contributed by atoms with E-state index in [4.69, 9.17) is 4.74 Å². The lowest BCUT2D eigenvalue weighted by atomic mass is 10.2. The van der Waals surface area contributed by atoms with E-state index < -0.39 is 5.82 Å². The molecule has 0 radical (unpaired) electrons. The second kappa shape index (κ2) is 8.56. The Balaban J connectivity index is 1.62. The predicted molar refractivity (Wildman–Crippen MR) is 98.3 cm³/mol. The highest BCUT2D eigenvalue weighted by Gasteiger charge is 2.21. The Morgan fingerprint density at radius 3 is 3.00 bits per heavy atom. The Morgan fingerprint density at radius 1 is 1.44 bits per heavy atom. The molecule has 3 rings (SSSR count). The first-order valence-corrected chi connectivity index (χ1v) is 9.40. The Hall–Kier alpha value is -1.76. The second-order valence-electron chi connectivity index (χ2n) is 6.42. The number of nitrogens with one attached hydrogen (secondary N) is 1. The molecule has 1 aromatic heterocycles. The van der Waals surface area contributed by atoms with Gasteiger partial charge in [-0.15, -0.1) is 11.3 Å². The van der Waals surface area contributed by atoms with Gasteiger partial charge >= 0.3 is 0 Å². The summed E-state index contributed by atoms with van der Waals surface area (Å²) in [6.45, 7) is 4.23. The number of hydrogen-bond acceptors (Lipinski definition) is 4. The van der Waals surface area contributed by atoms with E-state index in [1.165, 1.54) is 10.9 Å². The van der Waals surface area contributed by atoms with Gasteiger partial charge in [-0.3, -0.25) is 9.69 Å². The van der Waals surface area contributed by atoms with E-state index in [2.05, 4.69) is 16.3 Å². The van der Waals surface area contributed by atoms with Gasteiger partial charge in [0.25, 0.3) is 0 Å². The number of halogens is 1. The average molecular weight is 362 g/mol. The Labute approximate surface area is 151 Å². The molecular weight excluding hydrogens is 339 g/mol. The standard InChI is InChI=1S/C19H23FN2O2S/c1-14-6-7-18(17(20)10-14)21-19(23)13-22(11-15-4-2-8-24-15)12-16-5-3-9-25-16/h3,5-7,9-10,15H,2,4,8,11-13H2,1H3,(H,21,23)/t15-/m0/s1. The highest BCUT2D eigenvalue weighted by atomic mass is 32.1. The van der Waals surface area contributed by atoms with Crippen molar-refractivity contribution in [2.75, 3.05) is 25.0 Å². The SMILES string of the molecule is Cc1ccc(NC(=O)CN(Cc2cccs2)C[C@@H]2CCCO2)c(F)c1. The molecule has 4 nitrogen and oxygen atoms in total. The summed E-state index contributed by atoms with van der Waals surface area (Å²) in [6, 6.07) is 8.88. The van der Waals surface area contributed by atoms with Gasteiger partial charge in [-0.2, -0.15) is 0 Å². The fraction of sp³-hybridized carbons (Fsp3) is 0.421. The van der Waals surface area contributed by atoms with E-state index in [0.29, 0.717) is 13.1 Å². The molecular formula is C19H23FN2O2S. The van der Waals surface area contributed by atoms with E-state index in [-0.39, 0.29) is 24.2 Å². The van der Waals surface area contributed by atoms with Crippen LogP contribution in [0.2, 0.25) is 0 Å². The maximum Gasteiger partial charge on any atom is 0.238 e. The topological polar surface area (TPSA) is 41.6 Å². The molecule has 1 aliphatic heterocycles. The highest BCUT2D eigenvalue weighted by molar-refractivity contribution is 7.09. The summed E-state index contributed by atoms with van der Waals surface area (Å²) in [7, 11) is 0. The third-order valence-corrected chi connectivity index (χ3v) is 5.07. The van der Waals surface area contributed by atoms with Gasteiger partial charge in [-0.25, -0.2) is 4.39 Å². The largest absolute Gasteiger partial charge is 0.377 e. The molecule has 2 heterocycles. The summed E-state index contributed by atoms with van der Waals surface area (Å²) in [6.07, 6.45) is 2.26. The predicted octanol–water partition coefficient (Wildman–Crippen LogP) is 3.82. The van der Waals surface area contributed by atoms with Crippen LogP contribution in [-0.4, -0.2) is 36.6 Å². The fourth-order valence-electron chi connectivity index (χ4n) is 3.00. The first kappa shape index (κ1) is 18.0. The van der Waals surface area contributed by atoms with E-state index in [9.17, 15) is 9.18 Å². The van der Waals surface area contributed by atoms with Gasteiger partial charge in [-0.1, -0.05) is 12.1 Å². The van der Waals surface area contributed by atoms with Crippen LogP contribution in [0.1, 0.15) is 23.3 Å². The summed E-state index contributed by atoms with van der Waals surface area (Å²) in [5, 5.41) is 4.71. The zero-order chi connectivity index (χ0) is 17.6. The van der Waals surface area contributed by atoms with Crippen molar-refractivity contribution in [3.05, 3.63) is 52.0 Å². The van der Waals surface area contributed by atoms with Gasteiger partial charge in [0.1, 0.15) is 5.82 Å². The quantitative estimate of drug-likeness (QED) is 0.814. The molecule has 0 bridgehead atoms. The number of rotatable bonds is 7. The molecule has 1 N–H and O–H groups in total. The third kappa shape index (κ3) is 5.36. The summed E-state index contributed by atoms with van der Waals surface area (Å²) >= 11 is 1.67. The van der Waals surface area contributed by atoms with E-state index in [1.807, 2.05) is 18.4 Å². The minimum absolute atomic E-state index is 0.170. The molecule has 0 spiro atoms. The molecule has 1 atom stereocenters. The van der Waals surface area contributed by atoms with Crippen LogP contribution in [0.3, 0.4) is 0 Å². The van der Waals surface area contributed by atoms with Crippen LogP contribution in [0.25, 0.3) is 0 Å². The molecule has 1 aliphatic rings. The van der Waals surface area contributed by atoms with Gasteiger partial charge in [-0.05, 0) is 48.9 Å². The van der Waals surface area contributed by atoms with Crippen molar-refractivity contribution in [1.82, 2.24) is 4.90 Å². The van der Waals surface area contributed by atoms with Gasteiger partial charge in [0, 0.05) is 24.6 Å². The van der Waals surface area contributed by atoms with E-state index >= 15 is 0 Å². The van der Waals surface area contributed by atoms with Gasteiger partial charge < -0.3 is 10.1 Å². The van der Waals surface area contributed by atoms with Gasteiger partial charge in [0.05, 0.1) is 18.3 Å². The minimum atomic E-state index is -0.405. The lowest BCUT2D eigenvalue weighted by Gasteiger charge is -2.24. The molecule has 0 aliphatic carbocycles. The molecule has 6 heteroatoms. The number of benzene rings is 1. The summed E-state index contributed by atoms with van der Waals surface area (Å²) in [4.78, 5) is 15.7.